The van der Waals surface area contributed by atoms with E-state index in [0.717, 1.165) is 34.7 Å². The molecule has 0 aliphatic carbocycles. The first-order valence-electron chi connectivity index (χ1n) is 13.2. The number of aromatic nitrogens is 5. The first kappa shape index (κ1) is 26.0. The molecule has 0 bridgehead atoms. The lowest BCUT2D eigenvalue weighted by molar-refractivity contribution is 0.0735. The van der Waals surface area contributed by atoms with E-state index in [1.165, 1.54) is 0 Å². The Morgan fingerprint density at radius 2 is 1.98 bits per heavy atom. The third kappa shape index (κ3) is 5.28. The molecule has 1 fully saturated rings. The van der Waals surface area contributed by atoms with Crippen LogP contribution < -0.4 is 5.73 Å². The second kappa shape index (κ2) is 10.7. The predicted octanol–water partition coefficient (Wildman–Crippen LogP) is 5.35. The molecule has 0 radical (unpaired) electrons. The highest BCUT2D eigenvalue weighted by Gasteiger charge is 2.33. The number of benzene rings is 2. The Morgan fingerprint density at radius 1 is 1.15 bits per heavy atom. The summed E-state index contributed by atoms with van der Waals surface area (Å²) >= 11 is 1.60. The van der Waals surface area contributed by atoms with Gasteiger partial charge < -0.3 is 15.1 Å². The normalized spacial score (nSPS) is 16.7. The van der Waals surface area contributed by atoms with E-state index in [1.54, 1.807) is 36.0 Å². The molecule has 4 heterocycles. The number of hydrogen-bond donors (Lipinski definition) is 1. The number of likely N-dealkylation sites (tertiary alicyclic amines) is 1. The zero-order valence-electron chi connectivity index (χ0n) is 22.3. The van der Waals surface area contributed by atoms with Gasteiger partial charge in [-0.1, -0.05) is 30.3 Å². The Kier molecular flexibility index (Phi) is 6.95. The molecule has 1 amide bonds. The number of nitrogens with zero attached hydrogens (tertiary/aromatic N) is 6. The van der Waals surface area contributed by atoms with Crippen LogP contribution >= 0.6 is 11.3 Å². The zero-order valence-corrected chi connectivity index (χ0v) is 23.1. The SMILES string of the molecule is Cc1csc(C2CCCN2C(=O)c2cc(-c3cnccn3)cc(-c3nnc(C(C)(N)Cc4ccccc4)o3)c2)n1. The van der Waals surface area contributed by atoms with Gasteiger partial charge in [-0.3, -0.25) is 14.8 Å². The van der Waals surface area contributed by atoms with Gasteiger partial charge in [0.2, 0.25) is 11.8 Å². The highest BCUT2D eigenvalue weighted by atomic mass is 32.1. The summed E-state index contributed by atoms with van der Waals surface area (Å²) in [6, 6.07) is 15.4. The fourth-order valence-corrected chi connectivity index (χ4v) is 6.04. The first-order chi connectivity index (χ1) is 19.4. The van der Waals surface area contributed by atoms with Crippen LogP contribution in [0.25, 0.3) is 22.7 Å². The number of rotatable bonds is 7. The van der Waals surface area contributed by atoms with E-state index in [1.807, 2.05) is 66.6 Å². The van der Waals surface area contributed by atoms with E-state index >= 15 is 0 Å². The maximum Gasteiger partial charge on any atom is 0.254 e. The van der Waals surface area contributed by atoms with Gasteiger partial charge in [0.1, 0.15) is 5.01 Å². The summed E-state index contributed by atoms with van der Waals surface area (Å²) in [6.07, 6.45) is 7.25. The van der Waals surface area contributed by atoms with Crippen LogP contribution in [0, 0.1) is 6.92 Å². The highest BCUT2D eigenvalue weighted by molar-refractivity contribution is 7.09. The van der Waals surface area contributed by atoms with Gasteiger partial charge >= 0.3 is 0 Å². The van der Waals surface area contributed by atoms with Crippen LogP contribution in [-0.4, -0.2) is 42.5 Å². The monoisotopic (exact) mass is 551 g/mol. The van der Waals surface area contributed by atoms with Crippen LogP contribution in [0.2, 0.25) is 0 Å². The molecule has 1 aliphatic heterocycles. The molecule has 1 saturated heterocycles. The quantitative estimate of drug-likeness (QED) is 0.287. The van der Waals surface area contributed by atoms with Crippen LogP contribution in [0.5, 0.6) is 0 Å². The fourth-order valence-electron chi connectivity index (χ4n) is 5.09. The van der Waals surface area contributed by atoms with Crippen molar-refractivity contribution >= 4 is 17.2 Å². The molecule has 2 aromatic carbocycles. The number of carbonyl (C=O) groups excluding carboxylic acids is 1. The molecule has 3 aromatic heterocycles. The number of amides is 1. The molecule has 0 spiro atoms. The number of hydrogen-bond acceptors (Lipinski definition) is 9. The second-order valence-electron chi connectivity index (χ2n) is 10.4. The molecule has 2 atom stereocenters. The van der Waals surface area contributed by atoms with Crippen molar-refractivity contribution in [1.29, 1.82) is 0 Å². The third-order valence-electron chi connectivity index (χ3n) is 7.05. The third-order valence-corrected chi connectivity index (χ3v) is 8.11. The summed E-state index contributed by atoms with van der Waals surface area (Å²) < 4.78 is 6.13. The standard InChI is InChI=1S/C30H29N7O2S/c1-19-18-40-27(34-19)25-9-6-12-37(25)28(38)23-14-21(24-17-32-10-11-33-24)13-22(15-23)26-35-36-29(39-26)30(2,31)16-20-7-4-3-5-8-20/h3-5,7-8,10-11,13-15,17-18,25H,6,9,12,16,31H2,1-2H3. The molecule has 2 unspecified atom stereocenters. The maximum absolute atomic E-state index is 14.0. The summed E-state index contributed by atoms with van der Waals surface area (Å²) in [5.74, 6) is 0.533. The average molecular weight is 552 g/mol. The Morgan fingerprint density at radius 3 is 2.73 bits per heavy atom. The van der Waals surface area contributed by atoms with Crippen molar-refractivity contribution in [1.82, 2.24) is 30.0 Å². The van der Waals surface area contributed by atoms with E-state index in [9.17, 15) is 4.79 Å². The molecule has 5 aromatic rings. The van der Waals surface area contributed by atoms with Crippen LogP contribution in [0.3, 0.4) is 0 Å². The van der Waals surface area contributed by atoms with Crippen molar-refractivity contribution in [3.05, 3.63) is 100 Å². The number of carbonyl (C=O) groups is 1. The van der Waals surface area contributed by atoms with Crippen LogP contribution in [0.1, 0.15) is 58.3 Å². The molecule has 40 heavy (non-hydrogen) atoms. The Bertz CT molecular complexity index is 1630. The first-order valence-corrected chi connectivity index (χ1v) is 14.1. The van der Waals surface area contributed by atoms with E-state index in [4.69, 9.17) is 10.2 Å². The van der Waals surface area contributed by atoms with E-state index < -0.39 is 5.54 Å². The Labute approximate surface area is 236 Å². The van der Waals surface area contributed by atoms with Crippen LogP contribution in [0.4, 0.5) is 0 Å². The van der Waals surface area contributed by atoms with Gasteiger partial charge in [-0.2, -0.15) is 0 Å². The van der Waals surface area contributed by atoms with Crippen LogP contribution in [0.15, 0.2) is 76.9 Å². The molecule has 202 valence electrons. The van der Waals surface area contributed by atoms with Gasteiger partial charge in [-0.05, 0) is 56.9 Å². The van der Waals surface area contributed by atoms with Gasteiger partial charge in [0.15, 0.2) is 0 Å². The second-order valence-corrected chi connectivity index (χ2v) is 11.3. The summed E-state index contributed by atoms with van der Waals surface area (Å²) in [4.78, 5) is 29.2. The van der Waals surface area contributed by atoms with E-state index in [-0.39, 0.29) is 17.8 Å². The molecule has 6 rings (SSSR count). The van der Waals surface area contributed by atoms with Gasteiger partial charge in [0.05, 0.1) is 23.5 Å². The van der Waals surface area contributed by atoms with E-state index in [0.29, 0.717) is 35.7 Å². The van der Waals surface area contributed by atoms with Crippen molar-refractivity contribution in [2.75, 3.05) is 6.54 Å². The smallest absolute Gasteiger partial charge is 0.254 e. The summed E-state index contributed by atoms with van der Waals surface area (Å²) in [6.45, 7) is 4.52. The minimum atomic E-state index is -0.873. The summed E-state index contributed by atoms with van der Waals surface area (Å²) in [5.41, 5.74) is 10.3. The molecule has 9 nitrogen and oxygen atoms in total. The lowest BCUT2D eigenvalue weighted by Gasteiger charge is -2.23. The zero-order chi connectivity index (χ0) is 27.7. The molecule has 0 saturated carbocycles. The maximum atomic E-state index is 14.0. The summed E-state index contributed by atoms with van der Waals surface area (Å²) in [7, 11) is 0. The summed E-state index contributed by atoms with van der Waals surface area (Å²) in [5, 5.41) is 11.6. The lowest BCUT2D eigenvalue weighted by atomic mass is 9.94. The van der Waals surface area contributed by atoms with Crippen molar-refractivity contribution < 1.29 is 9.21 Å². The van der Waals surface area contributed by atoms with E-state index in [2.05, 4.69) is 25.1 Å². The predicted molar refractivity (Wildman–Crippen MR) is 152 cm³/mol. The fraction of sp³-hybridized carbons (Fsp3) is 0.267. The number of aryl methyl sites for hydroxylation is 1. The van der Waals surface area contributed by atoms with Crippen molar-refractivity contribution in [2.45, 2.75) is 44.7 Å². The number of nitrogens with two attached hydrogens (primary N) is 1. The molecule has 10 heteroatoms. The number of thiazole rings is 1. The molecular formula is C30H29N7O2S. The van der Waals surface area contributed by atoms with Gasteiger partial charge in [-0.15, -0.1) is 21.5 Å². The van der Waals surface area contributed by atoms with Gasteiger partial charge in [0.25, 0.3) is 5.91 Å². The largest absolute Gasteiger partial charge is 0.419 e. The van der Waals surface area contributed by atoms with Crippen molar-refractivity contribution in [3.8, 4) is 22.7 Å². The minimum Gasteiger partial charge on any atom is -0.419 e. The lowest BCUT2D eigenvalue weighted by Crippen LogP contribution is -2.35. The molecule has 1 aliphatic rings. The molecule has 2 N–H and O–H groups in total. The van der Waals surface area contributed by atoms with Crippen LogP contribution in [-0.2, 0) is 12.0 Å². The minimum absolute atomic E-state index is 0.0410. The topological polar surface area (TPSA) is 124 Å². The molecular weight excluding hydrogens is 522 g/mol. The highest BCUT2D eigenvalue weighted by Crippen LogP contribution is 2.36. The Balaban J connectivity index is 1.36. The van der Waals surface area contributed by atoms with Gasteiger partial charge in [0, 0.05) is 46.7 Å². The van der Waals surface area contributed by atoms with Crippen molar-refractivity contribution in [2.24, 2.45) is 5.73 Å². The Hall–Kier alpha value is -4.28. The van der Waals surface area contributed by atoms with Crippen molar-refractivity contribution in [3.63, 3.8) is 0 Å². The van der Waals surface area contributed by atoms with Gasteiger partial charge in [-0.25, -0.2) is 4.98 Å². The average Bonchev–Trinajstić information content (AvgIpc) is 3.74.